The number of carbonyl (C=O) groups is 1. The number of hydrogen-bond donors (Lipinski definition) is 2. The van der Waals surface area contributed by atoms with E-state index in [0.717, 1.165) is 0 Å². The van der Waals surface area contributed by atoms with Crippen molar-refractivity contribution in [1.82, 2.24) is 9.97 Å². The van der Waals surface area contributed by atoms with Crippen LogP contribution < -0.4 is 5.32 Å². The Morgan fingerprint density at radius 1 is 1.75 bits per heavy atom. The van der Waals surface area contributed by atoms with Crippen LogP contribution >= 0.6 is 0 Å². The van der Waals surface area contributed by atoms with Gasteiger partial charge in [-0.3, -0.25) is 0 Å². The lowest BCUT2D eigenvalue weighted by Gasteiger charge is -2.10. The molecule has 0 fully saturated rings. The van der Waals surface area contributed by atoms with Crippen molar-refractivity contribution >= 4 is 11.8 Å². The molecule has 0 aliphatic carbocycles. The van der Waals surface area contributed by atoms with E-state index in [2.05, 4.69) is 25.9 Å². The number of carbonyl (C=O) groups excluding carboxylic acids is 1. The highest BCUT2D eigenvalue weighted by Crippen LogP contribution is 2.06. The molecule has 0 saturated carbocycles. The average Bonchev–Trinajstić information content (AvgIpc) is 2.35. The van der Waals surface area contributed by atoms with Crippen LogP contribution in [0.1, 0.15) is 10.5 Å². The predicted octanol–water partition coefficient (Wildman–Crippen LogP) is -0.331. The predicted molar refractivity (Wildman–Crippen MR) is 56.7 cm³/mol. The summed E-state index contributed by atoms with van der Waals surface area (Å²) in [7, 11) is 1.26. The van der Waals surface area contributed by atoms with E-state index in [1.807, 2.05) is 0 Å². The fourth-order valence-electron chi connectivity index (χ4n) is 0.971. The molecule has 0 bridgehead atoms. The Hall–Kier alpha value is -2.13. The van der Waals surface area contributed by atoms with Gasteiger partial charge in [0.25, 0.3) is 0 Å². The molecule has 1 rings (SSSR count). The molecule has 0 radical (unpaired) electrons. The van der Waals surface area contributed by atoms with Crippen LogP contribution in [0.4, 0.5) is 5.82 Å². The summed E-state index contributed by atoms with van der Waals surface area (Å²) >= 11 is 0. The fraction of sp³-hybridized carbons (Fsp3) is 0.300. The van der Waals surface area contributed by atoms with Crippen LogP contribution in [0.3, 0.4) is 0 Å². The van der Waals surface area contributed by atoms with E-state index in [0.29, 0.717) is 5.82 Å². The van der Waals surface area contributed by atoms with Gasteiger partial charge in [-0.1, -0.05) is 5.92 Å². The van der Waals surface area contributed by atoms with Crippen molar-refractivity contribution in [2.24, 2.45) is 0 Å². The molecule has 0 amide bonds. The maximum absolute atomic E-state index is 11.2. The minimum Gasteiger partial charge on any atom is -0.464 e. The topological polar surface area (TPSA) is 84.3 Å². The summed E-state index contributed by atoms with van der Waals surface area (Å²) < 4.78 is 4.50. The molecular formula is C10H11N3O3. The van der Waals surface area contributed by atoms with E-state index in [4.69, 9.17) is 11.5 Å². The molecule has 0 aliphatic heterocycles. The molecule has 6 heteroatoms. The van der Waals surface area contributed by atoms with Crippen molar-refractivity contribution < 1.29 is 14.6 Å². The van der Waals surface area contributed by atoms with Crippen molar-refractivity contribution in [1.29, 1.82) is 0 Å². The molecule has 1 atom stereocenters. The van der Waals surface area contributed by atoms with Crippen molar-refractivity contribution in [2.45, 2.75) is 6.04 Å². The molecule has 84 valence electrons. The molecule has 1 aromatic rings. The number of terminal acetylenes is 1. The first-order valence-corrected chi connectivity index (χ1v) is 4.45. The second kappa shape index (κ2) is 5.68. The zero-order chi connectivity index (χ0) is 12.0. The lowest BCUT2D eigenvalue weighted by atomic mass is 10.3. The number of aliphatic hydroxyl groups is 1. The van der Waals surface area contributed by atoms with Crippen LogP contribution in [0, 0.1) is 12.3 Å². The third-order valence-electron chi connectivity index (χ3n) is 1.77. The number of ether oxygens (including phenoxy) is 1. The number of nitrogens with one attached hydrogen (secondary N) is 1. The molecular weight excluding hydrogens is 210 g/mol. The van der Waals surface area contributed by atoms with Gasteiger partial charge in [0.1, 0.15) is 18.2 Å². The second-order valence-corrected chi connectivity index (χ2v) is 2.83. The van der Waals surface area contributed by atoms with Gasteiger partial charge in [-0.05, 0) is 0 Å². The van der Waals surface area contributed by atoms with E-state index >= 15 is 0 Å². The summed E-state index contributed by atoms with van der Waals surface area (Å²) in [6.45, 7) is -0.228. The van der Waals surface area contributed by atoms with Crippen molar-refractivity contribution in [3.05, 3.63) is 18.1 Å². The minimum atomic E-state index is -0.563. The molecule has 0 saturated heterocycles. The van der Waals surface area contributed by atoms with Crippen LogP contribution in [0.2, 0.25) is 0 Å². The number of anilines is 1. The second-order valence-electron chi connectivity index (χ2n) is 2.83. The SMILES string of the molecule is C#CC(CO)Nc1cc(C(=O)OC)ncn1. The summed E-state index contributed by atoms with van der Waals surface area (Å²) in [6, 6.07) is 0.839. The van der Waals surface area contributed by atoms with Gasteiger partial charge in [-0.2, -0.15) is 0 Å². The van der Waals surface area contributed by atoms with Gasteiger partial charge in [-0.25, -0.2) is 14.8 Å². The Bertz CT molecular complexity index is 414. The van der Waals surface area contributed by atoms with Crippen LogP contribution in [0.5, 0.6) is 0 Å². The average molecular weight is 221 g/mol. The van der Waals surface area contributed by atoms with Gasteiger partial charge in [0.2, 0.25) is 0 Å². The summed E-state index contributed by atoms with van der Waals surface area (Å²) in [4.78, 5) is 18.7. The van der Waals surface area contributed by atoms with E-state index in [9.17, 15) is 4.79 Å². The summed E-state index contributed by atoms with van der Waals surface area (Å²) in [5, 5.41) is 11.6. The number of rotatable bonds is 4. The van der Waals surface area contributed by atoms with Gasteiger partial charge in [0.05, 0.1) is 13.7 Å². The quantitative estimate of drug-likeness (QED) is 0.535. The van der Waals surface area contributed by atoms with E-state index in [1.165, 1.54) is 19.5 Å². The number of hydrogen-bond acceptors (Lipinski definition) is 6. The highest BCUT2D eigenvalue weighted by Gasteiger charge is 2.10. The molecule has 0 spiro atoms. The van der Waals surface area contributed by atoms with Crippen molar-refractivity contribution in [2.75, 3.05) is 19.0 Å². The molecule has 1 heterocycles. The number of nitrogens with zero attached hydrogens (tertiary/aromatic N) is 2. The van der Waals surface area contributed by atoms with E-state index in [1.54, 1.807) is 0 Å². The van der Waals surface area contributed by atoms with Crippen LogP contribution in [0.25, 0.3) is 0 Å². The first kappa shape index (κ1) is 11.9. The van der Waals surface area contributed by atoms with Crippen molar-refractivity contribution in [3.63, 3.8) is 0 Å². The Labute approximate surface area is 92.7 Å². The standard InChI is InChI=1S/C10H11N3O3/c1-3-7(5-14)13-9-4-8(10(15)16-2)11-6-12-9/h1,4,6-7,14H,5H2,2H3,(H,11,12,13). The Morgan fingerprint density at radius 3 is 3.06 bits per heavy atom. The van der Waals surface area contributed by atoms with Crippen LogP contribution in [0.15, 0.2) is 12.4 Å². The summed E-state index contributed by atoms with van der Waals surface area (Å²) in [6.07, 6.45) is 6.36. The third-order valence-corrected chi connectivity index (χ3v) is 1.77. The van der Waals surface area contributed by atoms with Crippen LogP contribution in [-0.4, -0.2) is 40.8 Å². The molecule has 2 N–H and O–H groups in total. The highest BCUT2D eigenvalue weighted by atomic mass is 16.5. The van der Waals surface area contributed by atoms with Gasteiger partial charge >= 0.3 is 5.97 Å². The zero-order valence-corrected chi connectivity index (χ0v) is 8.67. The largest absolute Gasteiger partial charge is 0.464 e. The molecule has 0 aromatic carbocycles. The maximum Gasteiger partial charge on any atom is 0.356 e. The fourth-order valence-corrected chi connectivity index (χ4v) is 0.971. The molecule has 0 aliphatic rings. The summed E-state index contributed by atoms with van der Waals surface area (Å²) in [5.74, 6) is 2.12. The van der Waals surface area contributed by atoms with Gasteiger partial charge in [-0.15, -0.1) is 6.42 Å². The van der Waals surface area contributed by atoms with E-state index in [-0.39, 0.29) is 12.3 Å². The lowest BCUT2D eigenvalue weighted by molar-refractivity contribution is 0.0594. The zero-order valence-electron chi connectivity index (χ0n) is 8.67. The molecule has 16 heavy (non-hydrogen) atoms. The Morgan fingerprint density at radius 2 is 2.50 bits per heavy atom. The van der Waals surface area contributed by atoms with E-state index < -0.39 is 12.0 Å². The van der Waals surface area contributed by atoms with Crippen molar-refractivity contribution in [3.8, 4) is 12.3 Å². The van der Waals surface area contributed by atoms with Gasteiger partial charge in [0, 0.05) is 6.07 Å². The lowest BCUT2D eigenvalue weighted by Crippen LogP contribution is -2.22. The smallest absolute Gasteiger partial charge is 0.356 e. The number of esters is 1. The molecule has 6 nitrogen and oxygen atoms in total. The first-order valence-electron chi connectivity index (χ1n) is 4.45. The first-order chi connectivity index (χ1) is 7.71. The Balaban J connectivity index is 2.83. The maximum atomic E-state index is 11.2. The van der Waals surface area contributed by atoms with Gasteiger partial charge in [0.15, 0.2) is 5.69 Å². The number of aromatic nitrogens is 2. The third kappa shape index (κ3) is 2.93. The van der Waals surface area contributed by atoms with Gasteiger partial charge < -0.3 is 15.2 Å². The number of methoxy groups -OCH3 is 1. The summed E-state index contributed by atoms with van der Waals surface area (Å²) in [5.41, 5.74) is 0.119. The Kier molecular flexibility index (Phi) is 4.24. The normalized spacial score (nSPS) is 11.3. The highest BCUT2D eigenvalue weighted by molar-refractivity contribution is 5.87. The monoisotopic (exact) mass is 221 g/mol. The molecule has 1 unspecified atom stereocenters. The minimum absolute atomic E-state index is 0.119. The molecule has 1 aromatic heterocycles. The number of aliphatic hydroxyl groups excluding tert-OH is 1. The van der Waals surface area contributed by atoms with Crippen LogP contribution in [-0.2, 0) is 4.74 Å².